The first kappa shape index (κ1) is 14.2. The summed E-state index contributed by atoms with van der Waals surface area (Å²) in [6, 6.07) is 7.85. The van der Waals surface area contributed by atoms with Crippen molar-refractivity contribution in [2.45, 2.75) is 19.3 Å². The summed E-state index contributed by atoms with van der Waals surface area (Å²) < 4.78 is 0. The van der Waals surface area contributed by atoms with Gasteiger partial charge in [0, 0.05) is 24.7 Å². The fourth-order valence-corrected chi connectivity index (χ4v) is 2.35. The highest BCUT2D eigenvalue weighted by Crippen LogP contribution is 2.24. The highest BCUT2D eigenvalue weighted by Gasteiger charge is 2.13. The third-order valence-corrected chi connectivity index (χ3v) is 3.36. The van der Waals surface area contributed by atoms with E-state index in [1.165, 1.54) is 24.3 Å². The standard InChI is InChI=1S/C14H19ClN2O2/c15-7-10-19-17(12-18)14-6-4-5-13(11-14)16-8-2-1-3-9-16/h4-6,11-12H,1-3,7-10H2. The summed E-state index contributed by atoms with van der Waals surface area (Å²) in [7, 11) is 0. The number of anilines is 2. The van der Waals surface area contributed by atoms with Gasteiger partial charge in [0.15, 0.2) is 0 Å². The van der Waals surface area contributed by atoms with E-state index in [2.05, 4.69) is 11.0 Å². The van der Waals surface area contributed by atoms with Gasteiger partial charge < -0.3 is 4.90 Å². The van der Waals surface area contributed by atoms with Gasteiger partial charge in [-0.1, -0.05) is 6.07 Å². The van der Waals surface area contributed by atoms with E-state index < -0.39 is 0 Å². The van der Waals surface area contributed by atoms with Gasteiger partial charge in [0.2, 0.25) is 6.41 Å². The van der Waals surface area contributed by atoms with Gasteiger partial charge in [0.25, 0.3) is 0 Å². The van der Waals surface area contributed by atoms with Gasteiger partial charge in [-0.3, -0.25) is 9.63 Å². The summed E-state index contributed by atoms with van der Waals surface area (Å²) in [4.78, 5) is 18.7. The molecule has 1 amide bonds. The fraction of sp³-hybridized carbons (Fsp3) is 0.500. The van der Waals surface area contributed by atoms with Gasteiger partial charge in [-0.05, 0) is 37.5 Å². The van der Waals surface area contributed by atoms with Gasteiger partial charge in [-0.2, -0.15) is 5.06 Å². The maximum Gasteiger partial charge on any atom is 0.238 e. The molecule has 1 aromatic rings. The Morgan fingerprint density at radius 3 is 2.79 bits per heavy atom. The summed E-state index contributed by atoms with van der Waals surface area (Å²) in [6.45, 7) is 2.47. The van der Waals surface area contributed by atoms with Crippen molar-refractivity contribution in [2.75, 3.05) is 35.5 Å². The number of halogens is 1. The monoisotopic (exact) mass is 282 g/mol. The first-order chi connectivity index (χ1) is 9.35. The van der Waals surface area contributed by atoms with Crippen molar-refractivity contribution in [2.24, 2.45) is 0 Å². The van der Waals surface area contributed by atoms with Crippen LogP contribution in [0.5, 0.6) is 0 Å². The van der Waals surface area contributed by atoms with Crippen molar-refractivity contribution in [1.82, 2.24) is 0 Å². The first-order valence-electron chi connectivity index (χ1n) is 6.63. The number of hydrogen-bond acceptors (Lipinski definition) is 3. The molecule has 1 aliphatic heterocycles. The van der Waals surface area contributed by atoms with Crippen LogP contribution in [-0.4, -0.2) is 32.0 Å². The lowest BCUT2D eigenvalue weighted by Crippen LogP contribution is -2.29. The van der Waals surface area contributed by atoms with Crippen molar-refractivity contribution >= 4 is 29.4 Å². The molecule has 1 saturated heterocycles. The molecule has 0 bridgehead atoms. The molecule has 0 aromatic heterocycles. The van der Waals surface area contributed by atoms with Crippen LogP contribution in [0.2, 0.25) is 0 Å². The summed E-state index contributed by atoms with van der Waals surface area (Å²) in [5.41, 5.74) is 1.88. The van der Waals surface area contributed by atoms with E-state index in [4.69, 9.17) is 16.4 Å². The highest BCUT2D eigenvalue weighted by molar-refractivity contribution is 6.18. The summed E-state index contributed by atoms with van der Waals surface area (Å²) in [5, 5.41) is 1.23. The van der Waals surface area contributed by atoms with Crippen LogP contribution >= 0.6 is 11.6 Å². The van der Waals surface area contributed by atoms with E-state index in [-0.39, 0.29) is 0 Å². The van der Waals surface area contributed by atoms with Crippen LogP contribution in [0.15, 0.2) is 24.3 Å². The van der Waals surface area contributed by atoms with Crippen molar-refractivity contribution in [1.29, 1.82) is 0 Å². The summed E-state index contributed by atoms with van der Waals surface area (Å²) in [6.07, 6.45) is 4.42. The zero-order chi connectivity index (χ0) is 13.5. The van der Waals surface area contributed by atoms with Gasteiger partial charge in [0.05, 0.1) is 12.3 Å². The second-order valence-corrected chi connectivity index (χ2v) is 4.90. The van der Waals surface area contributed by atoms with E-state index in [1.807, 2.05) is 18.2 Å². The summed E-state index contributed by atoms with van der Waals surface area (Å²) in [5.74, 6) is 0.357. The zero-order valence-electron chi connectivity index (χ0n) is 10.9. The average Bonchev–Trinajstić information content (AvgIpc) is 2.49. The molecule has 5 heteroatoms. The molecule has 0 N–H and O–H groups in total. The number of carbonyl (C=O) groups is 1. The maximum atomic E-state index is 11.0. The van der Waals surface area contributed by atoms with Crippen LogP contribution in [-0.2, 0) is 9.63 Å². The lowest BCUT2D eigenvalue weighted by molar-refractivity contribution is -0.113. The Bertz CT molecular complexity index is 408. The molecule has 1 fully saturated rings. The van der Waals surface area contributed by atoms with E-state index in [0.717, 1.165) is 24.5 Å². The molecule has 0 unspecified atom stereocenters. The molecular weight excluding hydrogens is 264 g/mol. The number of piperidine rings is 1. The van der Waals surface area contributed by atoms with Gasteiger partial charge in [-0.25, -0.2) is 0 Å². The molecule has 104 valence electrons. The zero-order valence-corrected chi connectivity index (χ0v) is 11.7. The fourth-order valence-electron chi connectivity index (χ4n) is 2.28. The van der Waals surface area contributed by atoms with E-state index in [0.29, 0.717) is 18.9 Å². The molecule has 1 aliphatic rings. The van der Waals surface area contributed by atoms with Crippen LogP contribution in [0.1, 0.15) is 19.3 Å². The van der Waals surface area contributed by atoms with Crippen molar-refractivity contribution in [3.8, 4) is 0 Å². The lowest BCUT2D eigenvalue weighted by Gasteiger charge is -2.29. The third-order valence-electron chi connectivity index (χ3n) is 3.21. The van der Waals surface area contributed by atoms with Crippen molar-refractivity contribution in [3.05, 3.63) is 24.3 Å². The predicted molar refractivity (Wildman–Crippen MR) is 77.7 cm³/mol. The van der Waals surface area contributed by atoms with E-state index in [9.17, 15) is 4.79 Å². The van der Waals surface area contributed by atoms with Crippen molar-refractivity contribution < 1.29 is 9.63 Å². The largest absolute Gasteiger partial charge is 0.371 e. The normalized spacial score (nSPS) is 15.3. The van der Waals surface area contributed by atoms with Crippen LogP contribution < -0.4 is 9.96 Å². The first-order valence-corrected chi connectivity index (χ1v) is 7.17. The molecule has 1 aromatic carbocycles. The molecule has 0 spiro atoms. The number of hydroxylamine groups is 1. The second kappa shape index (κ2) is 7.36. The van der Waals surface area contributed by atoms with Crippen LogP contribution in [0.3, 0.4) is 0 Å². The molecule has 0 atom stereocenters. The number of nitrogens with zero attached hydrogens (tertiary/aromatic N) is 2. The molecular formula is C14H19ClN2O2. The minimum atomic E-state index is 0.314. The Hall–Kier alpha value is -1.26. The van der Waals surface area contributed by atoms with Crippen LogP contribution in [0.25, 0.3) is 0 Å². The smallest absolute Gasteiger partial charge is 0.238 e. The van der Waals surface area contributed by atoms with E-state index >= 15 is 0 Å². The number of amides is 1. The number of carbonyl (C=O) groups excluding carboxylic acids is 1. The number of rotatable bonds is 6. The Morgan fingerprint density at radius 1 is 1.32 bits per heavy atom. The number of benzene rings is 1. The Kier molecular flexibility index (Phi) is 5.48. The number of hydrogen-bond donors (Lipinski definition) is 0. The molecule has 0 radical (unpaired) electrons. The third kappa shape index (κ3) is 3.85. The Balaban J connectivity index is 2.10. The number of alkyl halides is 1. The van der Waals surface area contributed by atoms with Gasteiger partial charge in [-0.15, -0.1) is 11.6 Å². The molecule has 19 heavy (non-hydrogen) atoms. The average molecular weight is 283 g/mol. The quantitative estimate of drug-likeness (QED) is 0.457. The maximum absolute atomic E-state index is 11.0. The topological polar surface area (TPSA) is 32.8 Å². The highest BCUT2D eigenvalue weighted by atomic mass is 35.5. The van der Waals surface area contributed by atoms with Crippen LogP contribution in [0, 0.1) is 0 Å². The minimum Gasteiger partial charge on any atom is -0.371 e. The second-order valence-electron chi connectivity index (χ2n) is 4.52. The lowest BCUT2D eigenvalue weighted by atomic mass is 10.1. The van der Waals surface area contributed by atoms with Gasteiger partial charge >= 0.3 is 0 Å². The van der Waals surface area contributed by atoms with Crippen LogP contribution in [0.4, 0.5) is 11.4 Å². The minimum absolute atomic E-state index is 0.314. The summed E-state index contributed by atoms with van der Waals surface area (Å²) >= 11 is 5.57. The molecule has 4 nitrogen and oxygen atoms in total. The predicted octanol–water partition coefficient (Wildman–Crippen LogP) is 2.81. The van der Waals surface area contributed by atoms with Crippen molar-refractivity contribution in [3.63, 3.8) is 0 Å². The Morgan fingerprint density at radius 2 is 2.11 bits per heavy atom. The Labute approximate surface area is 118 Å². The SMILES string of the molecule is O=CN(OCCCl)c1cccc(N2CCCCC2)c1. The van der Waals surface area contributed by atoms with E-state index in [1.54, 1.807) is 0 Å². The molecule has 0 saturated carbocycles. The van der Waals surface area contributed by atoms with Gasteiger partial charge in [0.1, 0.15) is 0 Å². The molecule has 2 rings (SSSR count). The molecule has 1 heterocycles. The molecule has 0 aliphatic carbocycles.